The van der Waals surface area contributed by atoms with E-state index in [1.54, 1.807) is 18.6 Å². The van der Waals surface area contributed by atoms with Gasteiger partial charge in [0.25, 0.3) is 0 Å². The Morgan fingerprint density at radius 1 is 1.27 bits per heavy atom. The Kier molecular flexibility index (Phi) is 3.08. The number of hydrogen-bond donors (Lipinski definition) is 1. The molecule has 3 aromatic rings. The van der Waals surface area contributed by atoms with Gasteiger partial charge in [0, 0.05) is 29.5 Å². The molecule has 0 saturated carbocycles. The molecule has 1 aliphatic rings. The zero-order valence-electron chi connectivity index (χ0n) is 12.0. The lowest BCUT2D eigenvalue weighted by molar-refractivity contribution is 0.872. The summed E-state index contributed by atoms with van der Waals surface area (Å²) in [5.41, 5.74) is 4.95. The lowest BCUT2D eigenvalue weighted by Gasteiger charge is -2.10. The molecule has 0 radical (unpaired) electrons. The largest absolute Gasteiger partial charge is 0.369 e. The standard InChI is InChI=1S/C16H14ClN5/c1-10-2-3-11(17)8-14(10)22-16-12(4-5-20-16)15(21-22)13-9-18-6-7-19-13/h2-3,6-9,20H,4-5H2,1H3. The molecule has 22 heavy (non-hydrogen) atoms. The van der Waals surface area contributed by atoms with Crippen LogP contribution in [0, 0.1) is 6.92 Å². The second-order valence-corrected chi connectivity index (χ2v) is 5.72. The summed E-state index contributed by atoms with van der Waals surface area (Å²) in [5, 5.41) is 8.88. The molecule has 0 fully saturated rings. The van der Waals surface area contributed by atoms with Gasteiger partial charge in [0.15, 0.2) is 0 Å². The van der Waals surface area contributed by atoms with Gasteiger partial charge in [0.2, 0.25) is 0 Å². The van der Waals surface area contributed by atoms with Crippen LogP contribution in [0.4, 0.5) is 5.82 Å². The summed E-state index contributed by atoms with van der Waals surface area (Å²) in [6, 6.07) is 5.83. The van der Waals surface area contributed by atoms with Gasteiger partial charge in [-0.3, -0.25) is 9.97 Å². The van der Waals surface area contributed by atoms with Crippen molar-refractivity contribution >= 4 is 17.4 Å². The number of halogens is 1. The summed E-state index contributed by atoms with van der Waals surface area (Å²) in [6.45, 7) is 2.96. The average Bonchev–Trinajstić information content (AvgIpc) is 3.13. The number of nitrogens with zero attached hydrogens (tertiary/aromatic N) is 4. The van der Waals surface area contributed by atoms with Gasteiger partial charge in [0.1, 0.15) is 17.2 Å². The highest BCUT2D eigenvalue weighted by Crippen LogP contribution is 2.34. The number of aromatic nitrogens is 4. The summed E-state index contributed by atoms with van der Waals surface area (Å²) >= 11 is 6.16. The Morgan fingerprint density at radius 3 is 3.00 bits per heavy atom. The molecule has 6 heteroatoms. The van der Waals surface area contributed by atoms with E-state index in [1.807, 2.05) is 22.9 Å². The number of anilines is 1. The highest BCUT2D eigenvalue weighted by molar-refractivity contribution is 6.30. The summed E-state index contributed by atoms with van der Waals surface area (Å²) in [4.78, 5) is 8.53. The molecule has 0 aliphatic carbocycles. The molecule has 1 aliphatic heterocycles. The molecule has 0 amide bonds. The van der Waals surface area contributed by atoms with Gasteiger partial charge in [-0.25, -0.2) is 4.68 Å². The molecule has 1 aromatic carbocycles. The maximum Gasteiger partial charge on any atom is 0.133 e. The summed E-state index contributed by atoms with van der Waals surface area (Å²) < 4.78 is 1.92. The van der Waals surface area contributed by atoms with E-state index in [0.29, 0.717) is 5.02 Å². The molecule has 1 N–H and O–H groups in total. The minimum atomic E-state index is 0.698. The molecular formula is C16H14ClN5. The fourth-order valence-electron chi connectivity index (χ4n) is 2.79. The van der Waals surface area contributed by atoms with Crippen LogP contribution < -0.4 is 5.32 Å². The Labute approximate surface area is 133 Å². The topological polar surface area (TPSA) is 55.6 Å². The van der Waals surface area contributed by atoms with E-state index in [-0.39, 0.29) is 0 Å². The second kappa shape index (κ2) is 5.10. The first-order chi connectivity index (χ1) is 10.7. The molecule has 0 unspecified atom stereocenters. The van der Waals surface area contributed by atoms with Gasteiger partial charge in [-0.15, -0.1) is 0 Å². The van der Waals surface area contributed by atoms with Crippen molar-refractivity contribution in [3.8, 4) is 17.1 Å². The number of nitrogens with one attached hydrogen (secondary N) is 1. The summed E-state index contributed by atoms with van der Waals surface area (Å²) in [5.74, 6) is 1.02. The summed E-state index contributed by atoms with van der Waals surface area (Å²) in [6.07, 6.45) is 6.03. The Balaban J connectivity index is 1.94. The zero-order valence-corrected chi connectivity index (χ0v) is 12.8. The Morgan fingerprint density at radius 2 is 2.18 bits per heavy atom. The van der Waals surface area contributed by atoms with Crippen LogP contribution >= 0.6 is 11.6 Å². The minimum Gasteiger partial charge on any atom is -0.369 e. The molecule has 5 nitrogen and oxygen atoms in total. The van der Waals surface area contributed by atoms with Gasteiger partial charge in [-0.1, -0.05) is 17.7 Å². The fourth-order valence-corrected chi connectivity index (χ4v) is 2.95. The van der Waals surface area contributed by atoms with E-state index in [4.69, 9.17) is 16.7 Å². The van der Waals surface area contributed by atoms with E-state index in [9.17, 15) is 0 Å². The lowest BCUT2D eigenvalue weighted by atomic mass is 10.1. The van der Waals surface area contributed by atoms with Gasteiger partial charge in [-0.2, -0.15) is 5.10 Å². The van der Waals surface area contributed by atoms with Crippen LogP contribution in [0.5, 0.6) is 0 Å². The van der Waals surface area contributed by atoms with Gasteiger partial charge >= 0.3 is 0 Å². The molecule has 0 bridgehead atoms. The highest BCUT2D eigenvalue weighted by atomic mass is 35.5. The van der Waals surface area contributed by atoms with Crippen LogP contribution in [0.15, 0.2) is 36.8 Å². The monoisotopic (exact) mass is 311 g/mol. The first kappa shape index (κ1) is 13.3. The molecule has 4 rings (SSSR count). The predicted octanol–water partition coefficient (Wildman–Crippen LogP) is 3.26. The number of benzene rings is 1. The maximum absolute atomic E-state index is 6.16. The molecule has 0 saturated heterocycles. The molecule has 110 valence electrons. The van der Waals surface area contributed by atoms with Gasteiger partial charge < -0.3 is 5.32 Å². The van der Waals surface area contributed by atoms with Crippen LogP contribution in [0.1, 0.15) is 11.1 Å². The van der Waals surface area contributed by atoms with E-state index in [0.717, 1.165) is 41.4 Å². The molecular weight excluding hydrogens is 298 g/mol. The van der Waals surface area contributed by atoms with Crippen molar-refractivity contribution in [2.75, 3.05) is 11.9 Å². The average molecular weight is 312 g/mol. The van der Waals surface area contributed by atoms with Crippen molar-refractivity contribution < 1.29 is 0 Å². The lowest BCUT2D eigenvalue weighted by Crippen LogP contribution is -2.05. The third-order valence-electron chi connectivity index (χ3n) is 3.86. The van der Waals surface area contributed by atoms with Crippen molar-refractivity contribution in [2.45, 2.75) is 13.3 Å². The molecule has 3 heterocycles. The number of rotatable bonds is 2. The summed E-state index contributed by atoms with van der Waals surface area (Å²) in [7, 11) is 0. The highest BCUT2D eigenvalue weighted by Gasteiger charge is 2.25. The van der Waals surface area contributed by atoms with E-state index >= 15 is 0 Å². The third-order valence-corrected chi connectivity index (χ3v) is 4.09. The van der Waals surface area contributed by atoms with E-state index in [1.165, 1.54) is 5.56 Å². The van der Waals surface area contributed by atoms with Crippen molar-refractivity contribution in [3.05, 3.63) is 52.9 Å². The van der Waals surface area contributed by atoms with Crippen molar-refractivity contribution in [1.82, 2.24) is 19.7 Å². The second-order valence-electron chi connectivity index (χ2n) is 5.29. The Hall–Kier alpha value is -2.40. The maximum atomic E-state index is 6.16. The van der Waals surface area contributed by atoms with Crippen LogP contribution in [-0.2, 0) is 6.42 Å². The van der Waals surface area contributed by atoms with Gasteiger partial charge in [-0.05, 0) is 31.0 Å². The van der Waals surface area contributed by atoms with Crippen LogP contribution in [0.3, 0.4) is 0 Å². The van der Waals surface area contributed by atoms with Crippen LogP contribution in [0.25, 0.3) is 17.1 Å². The Bertz CT molecular complexity index is 841. The molecule has 2 aromatic heterocycles. The SMILES string of the molecule is Cc1ccc(Cl)cc1-n1nc(-c2cnccn2)c2c1NCC2. The number of aryl methyl sites for hydroxylation is 1. The fraction of sp³-hybridized carbons (Fsp3) is 0.188. The van der Waals surface area contributed by atoms with Crippen molar-refractivity contribution in [2.24, 2.45) is 0 Å². The first-order valence-corrected chi connectivity index (χ1v) is 7.50. The zero-order chi connectivity index (χ0) is 15.1. The quantitative estimate of drug-likeness (QED) is 0.789. The van der Waals surface area contributed by atoms with E-state index < -0.39 is 0 Å². The minimum absolute atomic E-state index is 0.698. The van der Waals surface area contributed by atoms with Crippen LogP contribution in [0.2, 0.25) is 5.02 Å². The van der Waals surface area contributed by atoms with Crippen LogP contribution in [-0.4, -0.2) is 26.3 Å². The molecule has 0 spiro atoms. The first-order valence-electron chi connectivity index (χ1n) is 7.13. The molecule has 0 atom stereocenters. The predicted molar refractivity (Wildman–Crippen MR) is 86.5 cm³/mol. The number of hydrogen-bond acceptors (Lipinski definition) is 4. The normalized spacial score (nSPS) is 13.0. The van der Waals surface area contributed by atoms with Crippen molar-refractivity contribution in [1.29, 1.82) is 0 Å². The number of fused-ring (bicyclic) bond motifs is 1. The smallest absolute Gasteiger partial charge is 0.133 e. The van der Waals surface area contributed by atoms with Crippen molar-refractivity contribution in [3.63, 3.8) is 0 Å². The van der Waals surface area contributed by atoms with Gasteiger partial charge in [0.05, 0.1) is 11.9 Å². The third kappa shape index (κ3) is 2.05. The van der Waals surface area contributed by atoms with E-state index in [2.05, 4.69) is 22.2 Å².